The van der Waals surface area contributed by atoms with Crippen LogP contribution in [0.25, 0.3) is 0 Å². The van der Waals surface area contributed by atoms with Crippen LogP contribution in [0.5, 0.6) is 0 Å². The van der Waals surface area contributed by atoms with E-state index in [0.717, 1.165) is 25.7 Å². The van der Waals surface area contributed by atoms with Gasteiger partial charge in [-0.05, 0) is 62.7 Å². The van der Waals surface area contributed by atoms with Crippen LogP contribution in [0.1, 0.15) is 71.6 Å². The molecule has 132 valence electrons. The molecule has 0 spiro atoms. The lowest BCUT2D eigenvalue weighted by Crippen LogP contribution is -2.54. The van der Waals surface area contributed by atoms with Gasteiger partial charge in [0.1, 0.15) is 23.1 Å². The minimum absolute atomic E-state index is 0.0185. The monoisotopic (exact) mass is 332 g/mol. The van der Waals surface area contributed by atoms with Crippen molar-refractivity contribution >= 4 is 11.8 Å². The highest BCUT2D eigenvalue weighted by Crippen LogP contribution is 2.73. The molecule has 0 radical (unpaired) electrons. The van der Waals surface area contributed by atoms with Crippen molar-refractivity contribution in [2.24, 2.45) is 23.2 Å². The van der Waals surface area contributed by atoms with Gasteiger partial charge in [-0.25, -0.2) is 0 Å². The van der Waals surface area contributed by atoms with Gasteiger partial charge in [0.15, 0.2) is 0 Å². The molecule has 1 saturated heterocycles. The summed E-state index contributed by atoms with van der Waals surface area (Å²) in [4.78, 5) is 23.5. The highest BCUT2D eigenvalue weighted by Gasteiger charge is 2.78. The summed E-state index contributed by atoms with van der Waals surface area (Å²) in [5, 5.41) is 0. The summed E-state index contributed by atoms with van der Waals surface area (Å²) < 4.78 is 12.1. The number of carbonyl (C=O) groups excluding carboxylic acids is 2. The molecule has 4 nitrogen and oxygen atoms in total. The second kappa shape index (κ2) is 4.63. The Kier molecular flexibility index (Phi) is 2.96. The summed E-state index contributed by atoms with van der Waals surface area (Å²) in [6, 6.07) is 0. The fourth-order valence-corrected chi connectivity index (χ4v) is 7.48. The van der Waals surface area contributed by atoms with Gasteiger partial charge in [0, 0.05) is 25.2 Å². The molecule has 4 heteroatoms. The lowest BCUT2D eigenvalue weighted by atomic mass is 9.50. The Morgan fingerprint density at radius 3 is 2.75 bits per heavy atom. The van der Waals surface area contributed by atoms with Gasteiger partial charge in [-0.15, -0.1) is 0 Å². The van der Waals surface area contributed by atoms with E-state index in [1.165, 1.54) is 26.2 Å². The number of esters is 1. The number of hydrogen-bond donors (Lipinski definition) is 0. The minimum atomic E-state index is -0.137. The Labute approximate surface area is 143 Å². The van der Waals surface area contributed by atoms with Crippen molar-refractivity contribution in [3.63, 3.8) is 0 Å². The average Bonchev–Trinajstić information content (AvgIpc) is 3.11. The fourth-order valence-electron chi connectivity index (χ4n) is 7.48. The van der Waals surface area contributed by atoms with Crippen molar-refractivity contribution in [1.29, 1.82) is 0 Å². The van der Waals surface area contributed by atoms with Gasteiger partial charge in [0.25, 0.3) is 0 Å². The third kappa shape index (κ3) is 1.73. The Bertz CT molecular complexity index is 615. The van der Waals surface area contributed by atoms with Crippen LogP contribution in [0.4, 0.5) is 0 Å². The van der Waals surface area contributed by atoms with Gasteiger partial charge in [-0.3, -0.25) is 9.59 Å². The maximum absolute atomic E-state index is 12.0. The van der Waals surface area contributed by atoms with E-state index >= 15 is 0 Å². The van der Waals surface area contributed by atoms with E-state index in [-0.39, 0.29) is 28.7 Å². The van der Waals surface area contributed by atoms with Gasteiger partial charge in [0.2, 0.25) is 0 Å². The Hall–Kier alpha value is -0.900. The molecule has 5 rings (SSSR count). The topological polar surface area (TPSA) is 55.9 Å². The number of ether oxygens (including phenoxy) is 2. The number of rotatable bonds is 1. The second-order valence-corrected chi connectivity index (χ2v) is 9.34. The highest BCUT2D eigenvalue weighted by molar-refractivity contribution is 5.82. The van der Waals surface area contributed by atoms with Gasteiger partial charge in [0.05, 0.1) is 0 Å². The fraction of sp³-hybridized carbons (Fsp3) is 0.900. The van der Waals surface area contributed by atoms with Crippen LogP contribution >= 0.6 is 0 Å². The van der Waals surface area contributed by atoms with Crippen molar-refractivity contribution < 1.29 is 19.1 Å². The van der Waals surface area contributed by atoms with E-state index in [1.54, 1.807) is 0 Å². The van der Waals surface area contributed by atoms with E-state index in [1.807, 2.05) is 0 Å². The van der Waals surface area contributed by atoms with Crippen molar-refractivity contribution in [2.45, 2.75) is 88.9 Å². The molecular formula is C20H28O4. The molecule has 0 bridgehead atoms. The summed E-state index contributed by atoms with van der Waals surface area (Å²) in [5.41, 5.74) is 0.0681. The van der Waals surface area contributed by atoms with Crippen LogP contribution < -0.4 is 0 Å². The Balaban J connectivity index is 1.42. The first-order chi connectivity index (χ1) is 11.4. The molecule has 0 aromatic rings. The number of hydrogen-bond acceptors (Lipinski definition) is 4. The highest BCUT2D eigenvalue weighted by atomic mass is 16.6. The second-order valence-electron chi connectivity index (χ2n) is 9.34. The Morgan fingerprint density at radius 1 is 1.12 bits per heavy atom. The van der Waals surface area contributed by atoms with Crippen LogP contribution in [-0.4, -0.2) is 29.1 Å². The van der Waals surface area contributed by atoms with Crippen molar-refractivity contribution in [2.75, 3.05) is 0 Å². The van der Waals surface area contributed by atoms with Gasteiger partial charge >= 0.3 is 5.97 Å². The van der Waals surface area contributed by atoms with Crippen LogP contribution in [0, 0.1) is 23.2 Å². The number of ketones is 1. The third-order valence-electron chi connectivity index (χ3n) is 8.50. The zero-order valence-corrected chi connectivity index (χ0v) is 14.8. The lowest BCUT2D eigenvalue weighted by Gasteiger charge is -2.52. The van der Waals surface area contributed by atoms with Crippen LogP contribution in [0.15, 0.2) is 0 Å². The molecule has 1 aliphatic heterocycles. The smallest absolute Gasteiger partial charge is 0.302 e. The van der Waals surface area contributed by atoms with E-state index in [2.05, 4.69) is 6.92 Å². The quantitative estimate of drug-likeness (QED) is 0.545. The average molecular weight is 332 g/mol. The number of Topliss-reactive ketones (excluding diaryl/α,β-unsaturated/α-hetero) is 1. The van der Waals surface area contributed by atoms with E-state index < -0.39 is 0 Å². The zero-order chi connectivity index (χ0) is 16.7. The van der Waals surface area contributed by atoms with E-state index in [9.17, 15) is 9.59 Å². The molecule has 0 amide bonds. The summed E-state index contributed by atoms with van der Waals surface area (Å²) in [6.45, 7) is 3.89. The van der Waals surface area contributed by atoms with Gasteiger partial charge < -0.3 is 9.47 Å². The van der Waals surface area contributed by atoms with Crippen LogP contribution in [-0.2, 0) is 19.1 Å². The molecule has 0 unspecified atom stereocenters. The van der Waals surface area contributed by atoms with Gasteiger partial charge in [-0.1, -0.05) is 6.92 Å². The van der Waals surface area contributed by atoms with Crippen molar-refractivity contribution in [3.8, 4) is 0 Å². The Morgan fingerprint density at radius 2 is 1.96 bits per heavy atom. The number of carbonyl (C=O) groups is 2. The summed E-state index contributed by atoms with van der Waals surface area (Å²) in [6.07, 6.45) is 9.16. The maximum atomic E-state index is 12.0. The first kappa shape index (κ1) is 15.4. The SMILES string of the molecule is CC(=O)O[C@H]1CC[C@H]2[C@@H]3CC[C@]45CC(=O)CC[C@]4(O5)[C@H]3CC[C@]12C. The first-order valence-corrected chi connectivity index (χ1v) is 9.79. The summed E-state index contributed by atoms with van der Waals surface area (Å²) in [7, 11) is 0. The largest absolute Gasteiger partial charge is 0.462 e. The van der Waals surface area contributed by atoms with Crippen molar-refractivity contribution in [1.82, 2.24) is 0 Å². The molecule has 4 saturated carbocycles. The van der Waals surface area contributed by atoms with Crippen LogP contribution in [0.3, 0.4) is 0 Å². The molecule has 0 N–H and O–H groups in total. The molecule has 24 heavy (non-hydrogen) atoms. The lowest BCUT2D eigenvalue weighted by molar-refractivity contribution is -0.156. The zero-order valence-electron chi connectivity index (χ0n) is 14.8. The molecule has 7 atom stereocenters. The van der Waals surface area contributed by atoms with E-state index in [0.29, 0.717) is 36.4 Å². The van der Waals surface area contributed by atoms with Crippen LogP contribution in [0.2, 0.25) is 0 Å². The summed E-state index contributed by atoms with van der Waals surface area (Å²) in [5.74, 6) is 2.22. The molecule has 5 aliphatic rings. The van der Waals surface area contributed by atoms with Gasteiger partial charge in [-0.2, -0.15) is 0 Å². The summed E-state index contributed by atoms with van der Waals surface area (Å²) >= 11 is 0. The predicted octanol–water partition coefficient (Wildman–Crippen LogP) is 3.42. The minimum Gasteiger partial charge on any atom is -0.462 e. The predicted molar refractivity (Wildman–Crippen MR) is 87.2 cm³/mol. The molecular weight excluding hydrogens is 304 g/mol. The standard InChI is InChI=1S/C20H28O4/c1-12(21)23-17-4-3-15-14-6-9-19-11-13(22)5-10-20(19,24-19)16(14)7-8-18(15,17)2/h14-17H,3-11H2,1-2H3/t14-,15-,16-,17-,18-,19-,20-/m0/s1. The molecule has 1 heterocycles. The van der Waals surface area contributed by atoms with Crippen molar-refractivity contribution in [3.05, 3.63) is 0 Å². The molecule has 0 aromatic carbocycles. The van der Waals surface area contributed by atoms with E-state index in [4.69, 9.17) is 9.47 Å². The maximum Gasteiger partial charge on any atom is 0.302 e. The normalized spacial score (nSPS) is 55.0. The number of epoxide rings is 1. The molecule has 5 fully saturated rings. The number of fused-ring (bicyclic) bond motifs is 3. The first-order valence-electron chi connectivity index (χ1n) is 9.79. The third-order valence-corrected chi connectivity index (χ3v) is 8.50. The molecule has 4 aliphatic carbocycles. The molecule has 0 aromatic heterocycles.